The lowest BCUT2D eigenvalue weighted by molar-refractivity contribution is 0.656. The number of fused-ring (bicyclic) bond motifs is 6. The van der Waals surface area contributed by atoms with Crippen LogP contribution in [0.15, 0.2) is 213 Å². The maximum Gasteiger partial charge on any atom is 0.145 e. The van der Waals surface area contributed by atoms with Crippen LogP contribution in [0.5, 0.6) is 0 Å². The lowest BCUT2D eigenvalue weighted by Gasteiger charge is -2.25. The summed E-state index contributed by atoms with van der Waals surface area (Å²) in [5.74, 6) is 0. The van der Waals surface area contributed by atoms with Crippen LogP contribution in [0.2, 0.25) is 0 Å². The highest BCUT2D eigenvalue weighted by molar-refractivity contribution is 6.18. The van der Waals surface area contributed by atoms with E-state index in [-0.39, 0.29) is 6.17 Å². The Morgan fingerprint density at radius 3 is 1.81 bits per heavy atom. The number of nitrogens with one attached hydrogen (secondary N) is 1. The zero-order valence-electron chi connectivity index (χ0n) is 32.8. The normalized spacial score (nSPS) is 14.2. The maximum absolute atomic E-state index is 6.25. The third-order valence-electron chi connectivity index (χ3n) is 9.92. The number of hydrogen-bond acceptors (Lipinski definition) is 6. The van der Waals surface area contributed by atoms with Crippen LogP contribution in [0.3, 0.4) is 0 Å². The molecule has 1 aliphatic heterocycles. The second-order valence-corrected chi connectivity index (χ2v) is 14.2. The molecule has 7 aromatic carbocycles. The number of aryl methyl sites for hydroxylation is 1. The first kappa shape index (κ1) is 37.5. The highest BCUT2D eigenvalue weighted by atomic mass is 16.3. The molecule has 9 aromatic rings. The average Bonchev–Trinajstić information content (AvgIpc) is 3.83. The van der Waals surface area contributed by atoms with E-state index >= 15 is 0 Å². The van der Waals surface area contributed by atoms with Crippen molar-refractivity contribution in [1.29, 1.82) is 0 Å². The summed E-state index contributed by atoms with van der Waals surface area (Å²) in [6.45, 7) is 3.94. The fourth-order valence-corrected chi connectivity index (χ4v) is 7.06. The highest BCUT2D eigenvalue weighted by Gasteiger charge is 2.20. The van der Waals surface area contributed by atoms with Crippen LogP contribution >= 0.6 is 0 Å². The van der Waals surface area contributed by atoms with Crippen LogP contribution in [0, 0.1) is 6.92 Å². The molecule has 58 heavy (non-hydrogen) atoms. The van der Waals surface area contributed by atoms with Gasteiger partial charge in [0.15, 0.2) is 0 Å². The van der Waals surface area contributed by atoms with Crippen molar-refractivity contribution >= 4 is 61.0 Å². The van der Waals surface area contributed by atoms with Crippen molar-refractivity contribution in [3.63, 3.8) is 0 Å². The summed E-state index contributed by atoms with van der Waals surface area (Å²) in [4.78, 5) is 9.29. The molecule has 0 saturated carbocycles. The Bertz CT molecular complexity index is 2940. The van der Waals surface area contributed by atoms with Crippen molar-refractivity contribution in [3.05, 3.63) is 222 Å². The summed E-state index contributed by atoms with van der Waals surface area (Å²) in [5, 5.41) is 7.97. The number of benzene rings is 7. The van der Waals surface area contributed by atoms with E-state index in [9.17, 15) is 0 Å². The van der Waals surface area contributed by atoms with E-state index in [1.807, 2.05) is 104 Å². The Balaban J connectivity index is 0.000000193. The summed E-state index contributed by atoms with van der Waals surface area (Å²) >= 11 is 0. The molecular weight excluding hydrogens is 713 g/mol. The molecule has 1 aliphatic rings. The largest absolute Gasteiger partial charge is 0.456 e. The van der Waals surface area contributed by atoms with Crippen molar-refractivity contribution in [2.24, 2.45) is 15.7 Å². The topological polar surface area (TPSA) is 89.0 Å². The van der Waals surface area contributed by atoms with E-state index in [1.165, 1.54) is 5.56 Å². The summed E-state index contributed by atoms with van der Waals surface area (Å²) in [7, 11) is 1.77. The molecule has 0 amide bonds. The number of nitrogens with two attached hydrogens (primary N) is 1. The van der Waals surface area contributed by atoms with Crippen molar-refractivity contribution in [1.82, 2.24) is 5.32 Å². The Morgan fingerprint density at radius 2 is 1.17 bits per heavy atom. The van der Waals surface area contributed by atoms with Gasteiger partial charge in [-0.1, -0.05) is 145 Å². The molecule has 0 saturated heterocycles. The number of hydrogen-bond donors (Lipinski definition) is 2. The standard InChI is InChI=1S/C34H22N2O2.C11H14N2.C7H8/c1-3-9-21(10-4-1)28-19-29(36-34(35-28)22-11-5-2-6-12-22)23-15-16-31-25(17-23)27-18-26-24-13-7-8-14-30(24)37-32(26)20-33(27)38-31;1-9(12)8-11(13-2)10-6-4-3-5-7-10;1-7-5-3-2-4-6-7/h1-20,34-35H;3-8H,12H2,1-2H3;2-6H,1H3/b;9-8-,13-11?;. The summed E-state index contributed by atoms with van der Waals surface area (Å²) < 4.78 is 12.3. The monoisotopic (exact) mass is 756 g/mol. The zero-order chi connectivity index (χ0) is 39.8. The molecule has 2 aromatic heterocycles. The molecule has 0 aliphatic carbocycles. The molecule has 3 heterocycles. The molecule has 284 valence electrons. The van der Waals surface area contributed by atoms with E-state index in [0.29, 0.717) is 0 Å². The molecular formula is C52H44N4O2. The lowest BCUT2D eigenvalue weighted by atomic mass is 10.00. The van der Waals surface area contributed by atoms with Gasteiger partial charge in [0.25, 0.3) is 0 Å². The van der Waals surface area contributed by atoms with Crippen LogP contribution in [-0.4, -0.2) is 18.5 Å². The third kappa shape index (κ3) is 8.37. The van der Waals surface area contributed by atoms with E-state index in [2.05, 4.69) is 108 Å². The van der Waals surface area contributed by atoms with E-state index in [4.69, 9.17) is 19.6 Å². The molecule has 1 atom stereocenters. The highest BCUT2D eigenvalue weighted by Crippen LogP contribution is 2.37. The van der Waals surface area contributed by atoms with Crippen molar-refractivity contribution in [2.75, 3.05) is 7.05 Å². The van der Waals surface area contributed by atoms with Gasteiger partial charge in [-0.25, -0.2) is 0 Å². The molecule has 3 N–H and O–H groups in total. The fourth-order valence-electron chi connectivity index (χ4n) is 7.06. The minimum Gasteiger partial charge on any atom is -0.456 e. The van der Waals surface area contributed by atoms with E-state index in [0.717, 1.165) is 88.9 Å². The van der Waals surface area contributed by atoms with Crippen LogP contribution < -0.4 is 11.1 Å². The van der Waals surface area contributed by atoms with Gasteiger partial charge in [0.05, 0.1) is 11.4 Å². The lowest BCUT2D eigenvalue weighted by Crippen LogP contribution is -2.24. The van der Waals surface area contributed by atoms with Crippen LogP contribution in [-0.2, 0) is 0 Å². The predicted octanol–water partition coefficient (Wildman–Crippen LogP) is 12.6. The molecule has 0 radical (unpaired) electrons. The second-order valence-electron chi connectivity index (χ2n) is 14.2. The van der Waals surface area contributed by atoms with Gasteiger partial charge in [-0.05, 0) is 73.0 Å². The van der Waals surface area contributed by atoms with Crippen molar-refractivity contribution < 1.29 is 8.83 Å². The van der Waals surface area contributed by atoms with Gasteiger partial charge in [-0.2, -0.15) is 0 Å². The summed E-state index contributed by atoms with van der Waals surface area (Å²) in [6.07, 6.45) is 3.83. The number of furan rings is 2. The Kier molecular flexibility index (Phi) is 11.1. The quantitative estimate of drug-likeness (QED) is 0.171. The maximum atomic E-state index is 6.25. The summed E-state index contributed by atoms with van der Waals surface area (Å²) in [5.41, 5.74) is 18.4. The first-order chi connectivity index (χ1) is 28.4. The summed E-state index contributed by atoms with van der Waals surface area (Å²) in [6, 6.07) is 59.7. The molecule has 0 fully saturated rings. The number of aliphatic imine (C=N–C) groups is 2. The van der Waals surface area contributed by atoms with Gasteiger partial charge in [0, 0.05) is 51.6 Å². The molecule has 1 unspecified atom stereocenters. The van der Waals surface area contributed by atoms with Crippen LogP contribution in [0.25, 0.3) is 49.6 Å². The third-order valence-corrected chi connectivity index (χ3v) is 9.92. The molecule has 6 nitrogen and oxygen atoms in total. The van der Waals surface area contributed by atoms with Crippen molar-refractivity contribution in [2.45, 2.75) is 20.0 Å². The first-order valence-corrected chi connectivity index (χ1v) is 19.4. The Morgan fingerprint density at radius 1 is 0.603 bits per heavy atom. The zero-order valence-corrected chi connectivity index (χ0v) is 32.8. The minimum absolute atomic E-state index is 0.180. The second kappa shape index (κ2) is 17.1. The smallest absolute Gasteiger partial charge is 0.145 e. The van der Waals surface area contributed by atoms with Gasteiger partial charge in [0.2, 0.25) is 0 Å². The van der Waals surface area contributed by atoms with Gasteiger partial charge in [0.1, 0.15) is 28.5 Å². The number of allylic oxidation sites excluding steroid dienone is 3. The average molecular weight is 757 g/mol. The van der Waals surface area contributed by atoms with Gasteiger partial charge < -0.3 is 19.9 Å². The number of nitrogens with zero attached hydrogens (tertiary/aromatic N) is 2. The minimum atomic E-state index is -0.180. The van der Waals surface area contributed by atoms with Crippen LogP contribution in [0.4, 0.5) is 0 Å². The molecule has 0 spiro atoms. The number of para-hydroxylation sites is 1. The van der Waals surface area contributed by atoms with E-state index < -0.39 is 0 Å². The first-order valence-electron chi connectivity index (χ1n) is 19.4. The van der Waals surface area contributed by atoms with Gasteiger partial charge in [-0.3, -0.25) is 9.98 Å². The van der Waals surface area contributed by atoms with Crippen molar-refractivity contribution in [3.8, 4) is 0 Å². The molecule has 0 bridgehead atoms. The van der Waals surface area contributed by atoms with Gasteiger partial charge in [-0.15, -0.1) is 0 Å². The predicted molar refractivity (Wildman–Crippen MR) is 242 cm³/mol. The van der Waals surface area contributed by atoms with Gasteiger partial charge >= 0.3 is 0 Å². The Hall–Kier alpha value is -7.44. The Labute approximate surface area is 338 Å². The number of rotatable bonds is 5. The fraction of sp³-hybridized carbons (Fsp3) is 0.0769. The molecule has 6 heteroatoms. The molecule has 10 rings (SSSR count). The SMILES string of the molecule is C1=C(c2ccccc2)NC(c2ccccc2)N=C1c1ccc2oc3cc4oc5ccccc5c4cc3c2c1.CN=C(/C=C(/C)N)c1ccccc1.Cc1ccccc1. The van der Waals surface area contributed by atoms with E-state index in [1.54, 1.807) is 7.05 Å². The van der Waals surface area contributed by atoms with Crippen LogP contribution in [0.1, 0.15) is 40.9 Å².